The Morgan fingerprint density at radius 2 is 1.89 bits per heavy atom. The molecule has 0 saturated carbocycles. The molecule has 1 heterocycles. The van der Waals surface area contributed by atoms with Gasteiger partial charge in [-0.3, -0.25) is 14.5 Å². The number of halogens is 1. The van der Waals surface area contributed by atoms with Crippen LogP contribution in [0.4, 0.5) is 5.69 Å². The minimum absolute atomic E-state index is 0.165. The molecule has 1 aliphatic heterocycles. The van der Waals surface area contributed by atoms with Crippen molar-refractivity contribution in [1.82, 2.24) is 0 Å². The van der Waals surface area contributed by atoms with Crippen LogP contribution in [0.25, 0.3) is 0 Å². The number of methoxy groups -OCH3 is 2. The quantitative estimate of drug-likeness (QED) is 0.729. The maximum Gasteiger partial charge on any atom is 0.271 e. The van der Waals surface area contributed by atoms with E-state index in [-0.39, 0.29) is 18.2 Å². The summed E-state index contributed by atoms with van der Waals surface area (Å²) in [5.41, 5.74) is -0.267. The Bertz CT molecular complexity index is 909. The minimum atomic E-state index is -1.09. The van der Waals surface area contributed by atoms with E-state index in [1.165, 1.54) is 19.1 Å². The summed E-state index contributed by atoms with van der Waals surface area (Å²) in [5.74, 6) is 0.859. The van der Waals surface area contributed by atoms with Gasteiger partial charge in [0, 0.05) is 11.1 Å². The number of carbonyl (C=O) groups is 2. The molecule has 1 amide bonds. The van der Waals surface area contributed by atoms with E-state index >= 15 is 0 Å². The molecule has 2 aromatic rings. The van der Waals surface area contributed by atoms with E-state index in [4.69, 9.17) is 25.8 Å². The van der Waals surface area contributed by atoms with Gasteiger partial charge >= 0.3 is 0 Å². The van der Waals surface area contributed by atoms with Crippen LogP contribution in [-0.2, 0) is 4.79 Å². The molecule has 0 aliphatic carbocycles. The van der Waals surface area contributed by atoms with Gasteiger partial charge in [-0.05, 0) is 44.2 Å². The summed E-state index contributed by atoms with van der Waals surface area (Å²) in [5, 5.41) is 0.448. The molecular formula is C20H20ClNO5. The first-order valence-electron chi connectivity index (χ1n) is 8.32. The van der Waals surface area contributed by atoms with Crippen molar-refractivity contribution in [2.24, 2.45) is 0 Å². The van der Waals surface area contributed by atoms with Crippen molar-refractivity contribution in [2.45, 2.75) is 19.4 Å². The zero-order valence-corrected chi connectivity index (χ0v) is 16.3. The lowest BCUT2D eigenvalue weighted by molar-refractivity contribution is -0.132. The molecule has 3 rings (SSSR count). The van der Waals surface area contributed by atoms with Crippen molar-refractivity contribution < 1.29 is 23.8 Å². The third-order valence-electron chi connectivity index (χ3n) is 4.35. The number of fused-ring (bicyclic) bond motifs is 1. The molecule has 0 bridgehead atoms. The number of hydrogen-bond donors (Lipinski definition) is 0. The smallest absolute Gasteiger partial charge is 0.271 e. The van der Waals surface area contributed by atoms with E-state index in [0.29, 0.717) is 33.5 Å². The Morgan fingerprint density at radius 1 is 1.15 bits per heavy atom. The first-order chi connectivity index (χ1) is 12.8. The molecule has 0 N–H and O–H groups in total. The van der Waals surface area contributed by atoms with Crippen LogP contribution in [0.3, 0.4) is 0 Å². The average molecular weight is 390 g/mol. The monoisotopic (exact) mass is 389 g/mol. The fourth-order valence-electron chi connectivity index (χ4n) is 2.96. The summed E-state index contributed by atoms with van der Waals surface area (Å²) >= 11 is 6.08. The molecule has 0 aromatic heterocycles. The van der Waals surface area contributed by atoms with E-state index in [9.17, 15) is 9.59 Å². The summed E-state index contributed by atoms with van der Waals surface area (Å²) < 4.78 is 16.2. The van der Waals surface area contributed by atoms with Gasteiger partial charge in [0.1, 0.15) is 17.2 Å². The summed E-state index contributed by atoms with van der Waals surface area (Å²) in [6.45, 7) is 3.16. The number of Topliss-reactive ketones (excluding diaryl/α,β-unsaturated/α-hetero) is 1. The van der Waals surface area contributed by atoms with Crippen molar-refractivity contribution in [2.75, 3.05) is 25.7 Å². The zero-order valence-electron chi connectivity index (χ0n) is 15.5. The van der Waals surface area contributed by atoms with Gasteiger partial charge in [0.15, 0.2) is 11.4 Å². The van der Waals surface area contributed by atoms with Gasteiger partial charge in [-0.1, -0.05) is 11.6 Å². The minimum Gasteiger partial charge on any atom is -0.497 e. The highest BCUT2D eigenvalue weighted by Crippen LogP contribution is 2.39. The maximum absolute atomic E-state index is 13.0. The molecule has 27 heavy (non-hydrogen) atoms. The predicted molar refractivity (Wildman–Crippen MR) is 102 cm³/mol. The zero-order chi connectivity index (χ0) is 19.8. The Balaban J connectivity index is 1.98. The first-order valence-corrected chi connectivity index (χ1v) is 8.70. The molecule has 142 valence electrons. The van der Waals surface area contributed by atoms with Crippen LogP contribution in [0.5, 0.6) is 17.2 Å². The normalized spacial score (nSPS) is 15.0. The topological polar surface area (TPSA) is 65.1 Å². The van der Waals surface area contributed by atoms with Crippen molar-refractivity contribution in [3.05, 3.63) is 47.0 Å². The van der Waals surface area contributed by atoms with E-state index in [2.05, 4.69) is 0 Å². The van der Waals surface area contributed by atoms with E-state index in [1.807, 2.05) is 0 Å². The van der Waals surface area contributed by atoms with Crippen molar-refractivity contribution in [3.63, 3.8) is 0 Å². The molecule has 0 unspecified atom stereocenters. The first kappa shape index (κ1) is 19.0. The van der Waals surface area contributed by atoms with Crippen LogP contribution in [-0.4, -0.2) is 38.1 Å². The molecule has 6 nitrogen and oxygen atoms in total. The number of ether oxygens (including phenoxy) is 3. The Kier molecular flexibility index (Phi) is 5.02. The lowest BCUT2D eigenvalue weighted by Gasteiger charge is -2.38. The lowest BCUT2D eigenvalue weighted by Crippen LogP contribution is -2.53. The number of ketones is 1. The molecule has 0 spiro atoms. The van der Waals surface area contributed by atoms with Gasteiger partial charge in [-0.2, -0.15) is 0 Å². The number of anilines is 1. The molecule has 1 aliphatic rings. The number of carbonyl (C=O) groups excluding carboxylic acids is 2. The second kappa shape index (κ2) is 7.12. The Morgan fingerprint density at radius 3 is 2.56 bits per heavy atom. The highest BCUT2D eigenvalue weighted by atomic mass is 35.5. The number of nitrogens with zero attached hydrogens (tertiary/aromatic N) is 1. The maximum atomic E-state index is 13.0. The van der Waals surface area contributed by atoms with Crippen molar-refractivity contribution in [3.8, 4) is 17.2 Å². The third-order valence-corrected chi connectivity index (χ3v) is 4.58. The van der Waals surface area contributed by atoms with Crippen LogP contribution in [0, 0.1) is 0 Å². The molecular weight excluding hydrogens is 370 g/mol. The van der Waals surface area contributed by atoms with Crippen molar-refractivity contribution >= 4 is 29.0 Å². The van der Waals surface area contributed by atoms with Gasteiger partial charge in [0.25, 0.3) is 5.91 Å². The molecule has 0 radical (unpaired) electrons. The van der Waals surface area contributed by atoms with E-state index in [0.717, 1.165) is 0 Å². The summed E-state index contributed by atoms with van der Waals surface area (Å²) in [7, 11) is 3.01. The van der Waals surface area contributed by atoms with Gasteiger partial charge in [0.05, 0.1) is 32.0 Å². The largest absolute Gasteiger partial charge is 0.497 e. The Hall–Kier alpha value is -2.73. The molecule has 0 saturated heterocycles. The van der Waals surface area contributed by atoms with Crippen molar-refractivity contribution in [1.29, 1.82) is 0 Å². The third kappa shape index (κ3) is 3.57. The van der Waals surface area contributed by atoms with Gasteiger partial charge in [0.2, 0.25) is 0 Å². The predicted octanol–water partition coefficient (Wildman–Crippen LogP) is 3.74. The summed E-state index contributed by atoms with van der Waals surface area (Å²) in [4.78, 5) is 27.3. The number of hydrogen-bond acceptors (Lipinski definition) is 5. The number of rotatable bonds is 5. The van der Waals surface area contributed by atoms with E-state index < -0.39 is 5.60 Å². The van der Waals surface area contributed by atoms with E-state index in [1.54, 1.807) is 50.2 Å². The van der Waals surface area contributed by atoms with Crippen LogP contribution < -0.4 is 19.1 Å². The second-order valence-corrected chi connectivity index (χ2v) is 7.04. The SMILES string of the molecule is COc1ccc(C(=O)CN2C(=O)C(C)(C)Oc3ccc(Cl)cc32)c(OC)c1. The average Bonchev–Trinajstić information content (AvgIpc) is 2.65. The number of amides is 1. The molecule has 0 fully saturated rings. The summed E-state index contributed by atoms with van der Waals surface area (Å²) in [6.07, 6.45) is 0. The fraction of sp³-hybridized carbons (Fsp3) is 0.300. The fourth-order valence-corrected chi connectivity index (χ4v) is 3.12. The Labute approximate surface area is 162 Å². The van der Waals surface area contributed by atoms with Gasteiger partial charge < -0.3 is 14.2 Å². The highest BCUT2D eigenvalue weighted by molar-refractivity contribution is 6.31. The summed E-state index contributed by atoms with van der Waals surface area (Å²) in [6, 6.07) is 9.91. The van der Waals surface area contributed by atoms with Gasteiger partial charge in [-0.15, -0.1) is 0 Å². The lowest BCUT2D eigenvalue weighted by atomic mass is 10.0. The van der Waals surface area contributed by atoms with Crippen LogP contribution >= 0.6 is 11.6 Å². The second-order valence-electron chi connectivity index (χ2n) is 6.61. The molecule has 7 heteroatoms. The van der Waals surface area contributed by atoms with Gasteiger partial charge in [-0.25, -0.2) is 0 Å². The van der Waals surface area contributed by atoms with Crippen LogP contribution in [0.1, 0.15) is 24.2 Å². The molecule has 0 atom stereocenters. The number of benzene rings is 2. The highest BCUT2D eigenvalue weighted by Gasteiger charge is 2.41. The standard InChI is InChI=1S/C20H20ClNO5/c1-20(2)19(24)22(15-9-12(21)5-8-17(15)27-20)11-16(23)14-7-6-13(25-3)10-18(14)26-4/h5-10H,11H2,1-4H3. The van der Waals surface area contributed by atoms with Crippen LogP contribution in [0.2, 0.25) is 5.02 Å². The van der Waals surface area contributed by atoms with Crippen LogP contribution in [0.15, 0.2) is 36.4 Å². The molecule has 2 aromatic carbocycles.